The van der Waals surface area contributed by atoms with Gasteiger partial charge >= 0.3 is 6.09 Å². The van der Waals surface area contributed by atoms with E-state index in [2.05, 4.69) is 0 Å². The lowest BCUT2D eigenvalue weighted by Crippen LogP contribution is -2.41. The third kappa shape index (κ3) is 1.73. The van der Waals surface area contributed by atoms with Gasteiger partial charge in [0.2, 0.25) is 0 Å². The predicted octanol–water partition coefficient (Wildman–Crippen LogP) is 2.03. The highest BCUT2D eigenvalue weighted by molar-refractivity contribution is 5.70. The van der Waals surface area contributed by atoms with Gasteiger partial charge in [-0.15, -0.1) is 0 Å². The first-order valence-electron chi connectivity index (χ1n) is 6.56. The first-order chi connectivity index (χ1) is 7.97. The molecular weight excluding hydrogens is 218 g/mol. The average molecular weight is 239 g/mol. The van der Waals surface area contributed by atoms with Crippen LogP contribution in [0.2, 0.25) is 0 Å². The van der Waals surface area contributed by atoms with Gasteiger partial charge < -0.3 is 14.4 Å². The van der Waals surface area contributed by atoms with E-state index in [1.54, 1.807) is 0 Å². The Morgan fingerprint density at radius 2 is 1.71 bits per heavy atom. The second kappa shape index (κ2) is 3.61. The van der Waals surface area contributed by atoms with Crippen molar-refractivity contribution in [1.82, 2.24) is 4.90 Å². The van der Waals surface area contributed by atoms with E-state index in [0.29, 0.717) is 23.9 Å². The molecule has 4 nitrogen and oxygen atoms in total. The normalized spacial score (nSPS) is 39.6. The van der Waals surface area contributed by atoms with Crippen molar-refractivity contribution >= 4 is 6.09 Å². The third-order valence-electron chi connectivity index (χ3n) is 4.24. The van der Waals surface area contributed by atoms with E-state index >= 15 is 0 Å². The van der Waals surface area contributed by atoms with Crippen LogP contribution in [0.15, 0.2) is 0 Å². The van der Waals surface area contributed by atoms with Crippen molar-refractivity contribution in [2.75, 3.05) is 13.2 Å². The number of ether oxygens (including phenoxy) is 2. The van der Waals surface area contributed by atoms with Crippen LogP contribution < -0.4 is 0 Å². The molecule has 3 rings (SSSR count). The van der Waals surface area contributed by atoms with E-state index in [9.17, 15) is 4.79 Å². The smallest absolute Gasteiger partial charge is 0.410 e. The van der Waals surface area contributed by atoms with Crippen molar-refractivity contribution in [2.45, 2.75) is 51.3 Å². The van der Waals surface area contributed by atoms with Gasteiger partial charge in [-0.1, -0.05) is 0 Å². The number of carbonyl (C=O) groups is 1. The summed E-state index contributed by atoms with van der Waals surface area (Å²) in [6.45, 7) is 7.42. The summed E-state index contributed by atoms with van der Waals surface area (Å²) in [5.74, 6) is 1.11. The van der Waals surface area contributed by atoms with Crippen LogP contribution in [0.5, 0.6) is 0 Å². The molecule has 0 N–H and O–H groups in total. The molecule has 3 aliphatic rings. The maximum atomic E-state index is 12.2. The molecule has 1 unspecified atom stereocenters. The van der Waals surface area contributed by atoms with Crippen molar-refractivity contribution in [3.05, 3.63) is 0 Å². The second-order valence-electron chi connectivity index (χ2n) is 6.46. The summed E-state index contributed by atoms with van der Waals surface area (Å²) in [4.78, 5) is 14.2. The highest BCUT2D eigenvalue weighted by Crippen LogP contribution is 2.48. The SMILES string of the molecule is CC(C)(C)OC(=O)N1[C@@H]2CC[C@H]1[C@H]1COCC21. The van der Waals surface area contributed by atoms with Gasteiger partial charge in [0.05, 0.1) is 13.2 Å². The van der Waals surface area contributed by atoms with E-state index in [0.717, 1.165) is 26.1 Å². The Hall–Kier alpha value is -0.770. The number of nitrogens with zero attached hydrogens (tertiary/aromatic N) is 1. The zero-order valence-electron chi connectivity index (χ0n) is 10.8. The largest absolute Gasteiger partial charge is 0.444 e. The van der Waals surface area contributed by atoms with Gasteiger partial charge in [0.25, 0.3) is 0 Å². The van der Waals surface area contributed by atoms with Crippen LogP contribution in [-0.2, 0) is 9.47 Å². The van der Waals surface area contributed by atoms with Crippen LogP contribution >= 0.6 is 0 Å². The van der Waals surface area contributed by atoms with Gasteiger partial charge in [-0.25, -0.2) is 4.79 Å². The van der Waals surface area contributed by atoms with Crippen molar-refractivity contribution in [3.8, 4) is 0 Å². The molecule has 4 atom stereocenters. The van der Waals surface area contributed by atoms with Crippen LogP contribution in [0.1, 0.15) is 33.6 Å². The zero-order valence-corrected chi connectivity index (χ0v) is 10.8. The number of hydrogen-bond donors (Lipinski definition) is 0. The van der Waals surface area contributed by atoms with Crippen molar-refractivity contribution in [2.24, 2.45) is 11.8 Å². The van der Waals surface area contributed by atoms with Crippen LogP contribution in [-0.4, -0.2) is 41.9 Å². The minimum Gasteiger partial charge on any atom is -0.444 e. The van der Waals surface area contributed by atoms with Crippen molar-refractivity contribution < 1.29 is 14.3 Å². The van der Waals surface area contributed by atoms with Gasteiger partial charge in [0.15, 0.2) is 0 Å². The number of amides is 1. The van der Waals surface area contributed by atoms with Gasteiger partial charge in [-0.2, -0.15) is 0 Å². The van der Waals surface area contributed by atoms with Crippen LogP contribution in [0.4, 0.5) is 4.79 Å². The zero-order chi connectivity index (χ0) is 12.2. The topological polar surface area (TPSA) is 38.8 Å². The van der Waals surface area contributed by atoms with E-state index in [-0.39, 0.29) is 6.09 Å². The molecule has 3 saturated heterocycles. The first-order valence-corrected chi connectivity index (χ1v) is 6.56. The summed E-state index contributed by atoms with van der Waals surface area (Å²) in [7, 11) is 0. The second-order valence-corrected chi connectivity index (χ2v) is 6.46. The molecule has 17 heavy (non-hydrogen) atoms. The van der Waals surface area contributed by atoms with Crippen molar-refractivity contribution in [1.29, 1.82) is 0 Å². The highest BCUT2D eigenvalue weighted by atomic mass is 16.6. The number of hydrogen-bond acceptors (Lipinski definition) is 3. The van der Waals surface area contributed by atoms with Crippen molar-refractivity contribution in [3.63, 3.8) is 0 Å². The molecule has 1 amide bonds. The molecule has 0 aromatic rings. The Balaban J connectivity index is 1.75. The monoisotopic (exact) mass is 239 g/mol. The lowest BCUT2D eigenvalue weighted by molar-refractivity contribution is 0.0158. The minimum atomic E-state index is -0.398. The Kier molecular flexibility index (Phi) is 2.41. The molecule has 96 valence electrons. The highest BCUT2D eigenvalue weighted by Gasteiger charge is 2.57. The fourth-order valence-corrected chi connectivity index (χ4v) is 3.67. The van der Waals surface area contributed by atoms with Crippen LogP contribution in [0, 0.1) is 11.8 Å². The maximum absolute atomic E-state index is 12.2. The van der Waals surface area contributed by atoms with Gasteiger partial charge in [-0.3, -0.25) is 0 Å². The fraction of sp³-hybridized carbons (Fsp3) is 0.923. The summed E-state index contributed by atoms with van der Waals surface area (Å²) in [6.07, 6.45) is 2.11. The first kappa shape index (κ1) is 11.3. The molecule has 3 aliphatic heterocycles. The molecule has 3 heterocycles. The summed E-state index contributed by atoms with van der Waals surface area (Å²) in [6, 6.07) is 0.727. The van der Waals surface area contributed by atoms with E-state index in [1.165, 1.54) is 0 Å². The molecule has 0 radical (unpaired) electrons. The minimum absolute atomic E-state index is 0.126. The van der Waals surface area contributed by atoms with Gasteiger partial charge in [0.1, 0.15) is 5.60 Å². The molecule has 0 aromatic carbocycles. The average Bonchev–Trinajstić information content (AvgIpc) is 2.86. The number of carbonyl (C=O) groups excluding carboxylic acids is 1. The lowest BCUT2D eigenvalue weighted by Gasteiger charge is -2.28. The predicted molar refractivity (Wildman–Crippen MR) is 62.7 cm³/mol. The molecular formula is C13H21NO3. The third-order valence-corrected chi connectivity index (χ3v) is 4.24. The van der Waals surface area contributed by atoms with Gasteiger partial charge in [-0.05, 0) is 33.6 Å². The van der Waals surface area contributed by atoms with Crippen LogP contribution in [0.3, 0.4) is 0 Å². The summed E-state index contributed by atoms with van der Waals surface area (Å²) < 4.78 is 11.1. The molecule has 2 bridgehead atoms. The summed E-state index contributed by atoms with van der Waals surface area (Å²) >= 11 is 0. The molecule has 4 heteroatoms. The standard InChI is InChI=1S/C13H21NO3/c1-13(2,3)17-12(15)14-10-4-5-11(14)9-7-16-6-8(9)10/h8-11H,4-7H2,1-3H3/t8-,9?,10-,11+/m0/s1. The maximum Gasteiger partial charge on any atom is 0.410 e. The Labute approximate surface area is 102 Å². The van der Waals surface area contributed by atoms with E-state index < -0.39 is 5.60 Å². The Morgan fingerprint density at radius 1 is 1.18 bits per heavy atom. The summed E-state index contributed by atoms with van der Waals surface area (Å²) in [5.41, 5.74) is -0.398. The molecule has 0 spiro atoms. The van der Waals surface area contributed by atoms with E-state index in [1.807, 2.05) is 25.7 Å². The Morgan fingerprint density at radius 3 is 2.18 bits per heavy atom. The Bertz CT molecular complexity index is 318. The molecule has 3 fully saturated rings. The van der Waals surface area contributed by atoms with Crippen LogP contribution in [0.25, 0.3) is 0 Å². The summed E-state index contributed by atoms with van der Waals surface area (Å²) in [5, 5.41) is 0. The molecule has 0 aromatic heterocycles. The molecule has 0 aliphatic carbocycles. The number of rotatable bonds is 0. The quantitative estimate of drug-likeness (QED) is 0.649. The molecule has 0 saturated carbocycles. The number of fused-ring (bicyclic) bond motifs is 5. The van der Waals surface area contributed by atoms with Gasteiger partial charge in [0, 0.05) is 23.9 Å². The van der Waals surface area contributed by atoms with E-state index in [4.69, 9.17) is 9.47 Å². The fourth-order valence-electron chi connectivity index (χ4n) is 3.67. The lowest BCUT2D eigenvalue weighted by atomic mass is 9.82.